The van der Waals surface area contributed by atoms with Gasteiger partial charge in [0.25, 0.3) is 0 Å². The lowest BCUT2D eigenvalue weighted by Gasteiger charge is -2.11. The topological polar surface area (TPSA) is 75.3 Å². The molecule has 2 N–H and O–H groups in total. The number of aromatic nitrogens is 2. The molecule has 0 saturated heterocycles. The maximum atomic E-state index is 13.3. The standard InChI is InChI=1S/C23H19FN2O3S/c1-13(2)14-3-5-15(6-4-14)19-18(20(27)16-7-9-17(24)10-8-16)21(28)22(29)26(19)23-25-11-12-30-23/h3-13,28-29H,1-2H3. The molecule has 0 aliphatic rings. The monoisotopic (exact) mass is 422 g/mol. The molecule has 0 aliphatic heterocycles. The number of carbonyl (C=O) groups is 1. The van der Waals surface area contributed by atoms with Crippen LogP contribution in [0.1, 0.15) is 41.3 Å². The molecule has 5 nitrogen and oxygen atoms in total. The molecule has 2 aromatic heterocycles. The Balaban J connectivity index is 1.97. The van der Waals surface area contributed by atoms with Gasteiger partial charge in [-0.05, 0) is 41.3 Å². The molecule has 4 aromatic rings. The molecule has 2 heterocycles. The van der Waals surface area contributed by atoms with Crippen molar-refractivity contribution >= 4 is 17.1 Å². The van der Waals surface area contributed by atoms with Gasteiger partial charge in [0.2, 0.25) is 5.88 Å². The quantitative estimate of drug-likeness (QED) is 0.416. The highest BCUT2D eigenvalue weighted by Crippen LogP contribution is 2.44. The van der Waals surface area contributed by atoms with Gasteiger partial charge in [0, 0.05) is 17.1 Å². The van der Waals surface area contributed by atoms with Gasteiger partial charge in [-0.25, -0.2) is 9.37 Å². The van der Waals surface area contributed by atoms with Gasteiger partial charge in [-0.15, -0.1) is 11.3 Å². The number of aromatic hydroxyl groups is 2. The van der Waals surface area contributed by atoms with Crippen LogP contribution in [0.4, 0.5) is 4.39 Å². The molecule has 0 radical (unpaired) electrons. The lowest BCUT2D eigenvalue weighted by molar-refractivity contribution is 0.103. The lowest BCUT2D eigenvalue weighted by Crippen LogP contribution is -2.05. The van der Waals surface area contributed by atoms with Crippen molar-refractivity contribution < 1.29 is 19.4 Å². The van der Waals surface area contributed by atoms with Gasteiger partial charge in [0.15, 0.2) is 16.7 Å². The SMILES string of the molecule is CC(C)c1ccc(-c2c(C(=O)c3ccc(F)cc3)c(O)c(O)n2-c2nccs2)cc1. The van der Waals surface area contributed by atoms with Crippen LogP contribution in [0.2, 0.25) is 0 Å². The second-order valence-corrected chi connectivity index (χ2v) is 8.03. The fourth-order valence-corrected chi connectivity index (χ4v) is 3.97. The average molecular weight is 422 g/mol. The number of nitrogens with zero attached hydrogens (tertiary/aromatic N) is 2. The first-order valence-corrected chi connectivity index (χ1v) is 10.2. The molecule has 30 heavy (non-hydrogen) atoms. The maximum Gasteiger partial charge on any atom is 0.242 e. The molecule has 0 fully saturated rings. The predicted molar refractivity (Wildman–Crippen MR) is 114 cm³/mol. The third-order valence-corrected chi connectivity index (χ3v) is 5.67. The fraction of sp³-hybridized carbons (Fsp3) is 0.130. The molecule has 7 heteroatoms. The number of rotatable bonds is 5. The number of hydrogen-bond donors (Lipinski definition) is 2. The molecule has 2 aromatic carbocycles. The van der Waals surface area contributed by atoms with E-state index in [-0.39, 0.29) is 11.1 Å². The van der Waals surface area contributed by atoms with E-state index in [1.165, 1.54) is 40.2 Å². The number of thiazole rings is 1. The van der Waals surface area contributed by atoms with Gasteiger partial charge < -0.3 is 10.2 Å². The summed E-state index contributed by atoms with van der Waals surface area (Å²) in [5.74, 6) is -1.68. The minimum Gasteiger partial charge on any atom is -0.503 e. The molecule has 152 valence electrons. The summed E-state index contributed by atoms with van der Waals surface area (Å²) in [5.41, 5.74) is 2.21. The van der Waals surface area contributed by atoms with E-state index in [9.17, 15) is 19.4 Å². The average Bonchev–Trinajstić information content (AvgIpc) is 3.35. The van der Waals surface area contributed by atoms with Crippen LogP contribution in [0, 0.1) is 5.82 Å². The molecule has 4 rings (SSSR count). The normalized spacial score (nSPS) is 11.2. The number of ketones is 1. The van der Waals surface area contributed by atoms with Crippen LogP contribution in [0.3, 0.4) is 0 Å². The van der Waals surface area contributed by atoms with Crippen LogP contribution >= 0.6 is 11.3 Å². The summed E-state index contributed by atoms with van der Waals surface area (Å²) in [4.78, 5) is 17.5. The zero-order valence-electron chi connectivity index (χ0n) is 16.3. The number of benzene rings is 2. The van der Waals surface area contributed by atoms with E-state index in [1.54, 1.807) is 11.6 Å². The molecular weight excluding hydrogens is 403 g/mol. The van der Waals surface area contributed by atoms with E-state index in [4.69, 9.17) is 0 Å². The number of carbonyl (C=O) groups excluding carboxylic acids is 1. The highest BCUT2D eigenvalue weighted by Gasteiger charge is 2.30. The smallest absolute Gasteiger partial charge is 0.242 e. The summed E-state index contributed by atoms with van der Waals surface area (Å²) in [6.45, 7) is 4.16. The van der Waals surface area contributed by atoms with Gasteiger partial charge in [-0.2, -0.15) is 0 Å². The molecule has 0 unspecified atom stereocenters. The Morgan fingerprint density at radius 1 is 1.07 bits per heavy atom. The lowest BCUT2D eigenvalue weighted by atomic mass is 9.96. The van der Waals surface area contributed by atoms with Crippen LogP contribution < -0.4 is 0 Å². The van der Waals surface area contributed by atoms with E-state index >= 15 is 0 Å². The van der Waals surface area contributed by atoms with E-state index in [0.717, 1.165) is 5.56 Å². The highest BCUT2D eigenvalue weighted by atomic mass is 32.1. The highest BCUT2D eigenvalue weighted by molar-refractivity contribution is 7.12. The zero-order chi connectivity index (χ0) is 21.4. The second-order valence-electron chi connectivity index (χ2n) is 7.16. The Morgan fingerprint density at radius 2 is 1.73 bits per heavy atom. The number of hydrogen-bond acceptors (Lipinski definition) is 5. The van der Waals surface area contributed by atoms with Crippen molar-refractivity contribution in [2.24, 2.45) is 0 Å². The van der Waals surface area contributed by atoms with Gasteiger partial charge in [-0.1, -0.05) is 38.1 Å². The minimum atomic E-state index is -0.539. The first-order valence-electron chi connectivity index (χ1n) is 9.35. The number of halogens is 1. The first-order chi connectivity index (χ1) is 14.4. The molecule has 0 aliphatic carbocycles. The van der Waals surface area contributed by atoms with Crippen LogP contribution in [-0.2, 0) is 0 Å². The summed E-state index contributed by atoms with van der Waals surface area (Å²) in [6, 6.07) is 12.6. The van der Waals surface area contributed by atoms with Crippen molar-refractivity contribution in [1.82, 2.24) is 9.55 Å². The minimum absolute atomic E-state index is 0.0633. The maximum absolute atomic E-state index is 13.3. The first kappa shape index (κ1) is 19.8. The third kappa shape index (κ3) is 3.37. The van der Waals surface area contributed by atoms with Crippen LogP contribution in [-0.4, -0.2) is 25.5 Å². The Labute approximate surface area is 176 Å². The van der Waals surface area contributed by atoms with Crippen LogP contribution in [0.25, 0.3) is 16.4 Å². The Bertz CT molecular complexity index is 1190. The van der Waals surface area contributed by atoms with Crippen molar-refractivity contribution in [2.45, 2.75) is 19.8 Å². The molecule has 0 amide bonds. The van der Waals surface area contributed by atoms with Crippen LogP contribution in [0.5, 0.6) is 11.6 Å². The summed E-state index contributed by atoms with van der Waals surface area (Å²) in [6.07, 6.45) is 1.57. The van der Waals surface area contributed by atoms with Crippen molar-refractivity contribution in [3.8, 4) is 28.0 Å². The summed E-state index contributed by atoms with van der Waals surface area (Å²) in [5, 5.41) is 23.5. The van der Waals surface area contributed by atoms with E-state index in [0.29, 0.717) is 22.3 Å². The zero-order valence-corrected chi connectivity index (χ0v) is 17.2. The Hall–Kier alpha value is -3.45. The predicted octanol–water partition coefficient (Wildman–Crippen LogP) is 5.51. The third-order valence-electron chi connectivity index (χ3n) is 4.92. The van der Waals surface area contributed by atoms with Crippen LogP contribution in [0.15, 0.2) is 60.1 Å². The van der Waals surface area contributed by atoms with E-state index < -0.39 is 23.2 Å². The van der Waals surface area contributed by atoms with Gasteiger partial charge in [0.05, 0.1) is 11.3 Å². The molecular formula is C23H19FN2O3S. The van der Waals surface area contributed by atoms with Gasteiger partial charge >= 0.3 is 0 Å². The summed E-state index contributed by atoms with van der Waals surface area (Å²) < 4.78 is 14.7. The van der Waals surface area contributed by atoms with Crippen molar-refractivity contribution in [2.75, 3.05) is 0 Å². The summed E-state index contributed by atoms with van der Waals surface area (Å²) >= 11 is 1.26. The van der Waals surface area contributed by atoms with E-state index in [2.05, 4.69) is 18.8 Å². The Kier molecular flexibility index (Phi) is 5.13. The van der Waals surface area contributed by atoms with Gasteiger partial charge in [0.1, 0.15) is 5.82 Å². The van der Waals surface area contributed by atoms with Crippen molar-refractivity contribution in [3.63, 3.8) is 0 Å². The second kappa shape index (κ2) is 7.76. The molecule has 0 bridgehead atoms. The summed E-state index contributed by atoms with van der Waals surface area (Å²) in [7, 11) is 0. The van der Waals surface area contributed by atoms with Crippen molar-refractivity contribution in [1.29, 1.82) is 0 Å². The largest absolute Gasteiger partial charge is 0.503 e. The van der Waals surface area contributed by atoms with Gasteiger partial charge in [-0.3, -0.25) is 9.36 Å². The fourth-order valence-electron chi connectivity index (χ4n) is 3.32. The van der Waals surface area contributed by atoms with Crippen molar-refractivity contribution in [3.05, 3.63) is 82.6 Å². The van der Waals surface area contributed by atoms with E-state index in [1.807, 2.05) is 24.3 Å². The molecule has 0 atom stereocenters. The molecule has 0 saturated carbocycles. The Morgan fingerprint density at radius 3 is 2.30 bits per heavy atom. The molecule has 0 spiro atoms.